The van der Waals surface area contributed by atoms with E-state index in [2.05, 4.69) is 11.2 Å². The highest BCUT2D eigenvalue weighted by molar-refractivity contribution is 5.01. The third kappa shape index (κ3) is 3.30. The summed E-state index contributed by atoms with van der Waals surface area (Å²) in [4.78, 5) is 0. The molecule has 0 amide bonds. The molecule has 0 bridgehead atoms. The van der Waals surface area contributed by atoms with Crippen LogP contribution in [0.3, 0.4) is 0 Å². The molecule has 4 nitrogen and oxygen atoms in total. The van der Waals surface area contributed by atoms with Crippen molar-refractivity contribution in [2.24, 2.45) is 18.7 Å². The topological polar surface area (TPSA) is 53.1 Å². The molecule has 2 N–H and O–H groups in total. The summed E-state index contributed by atoms with van der Waals surface area (Å²) in [6.45, 7) is 2.81. The lowest BCUT2D eigenvalue weighted by Gasteiger charge is -2.23. The zero-order valence-corrected chi connectivity index (χ0v) is 10.8. The summed E-state index contributed by atoms with van der Waals surface area (Å²) in [5, 5.41) is 4.17. The molecular weight excluding hydrogens is 214 g/mol. The van der Waals surface area contributed by atoms with E-state index in [1.165, 1.54) is 18.5 Å². The van der Waals surface area contributed by atoms with Gasteiger partial charge in [-0.2, -0.15) is 5.10 Å². The van der Waals surface area contributed by atoms with Crippen molar-refractivity contribution in [2.75, 3.05) is 6.61 Å². The maximum Gasteiger partial charge on any atom is 0.0753 e. The van der Waals surface area contributed by atoms with E-state index >= 15 is 0 Å². The van der Waals surface area contributed by atoms with Crippen LogP contribution in [0.15, 0.2) is 12.3 Å². The Labute approximate surface area is 103 Å². The molecule has 1 aliphatic carbocycles. The van der Waals surface area contributed by atoms with Crippen LogP contribution in [-0.4, -0.2) is 28.5 Å². The van der Waals surface area contributed by atoms with E-state index in [1.54, 1.807) is 0 Å². The van der Waals surface area contributed by atoms with E-state index in [1.807, 2.05) is 24.9 Å². The predicted molar refractivity (Wildman–Crippen MR) is 67.6 cm³/mol. The Morgan fingerprint density at radius 2 is 2.35 bits per heavy atom. The summed E-state index contributed by atoms with van der Waals surface area (Å²) >= 11 is 0. The summed E-state index contributed by atoms with van der Waals surface area (Å²) in [5.74, 6) is 0.705. The molecule has 2 rings (SSSR count). The van der Waals surface area contributed by atoms with Crippen molar-refractivity contribution in [1.82, 2.24) is 9.78 Å². The van der Waals surface area contributed by atoms with Gasteiger partial charge in [-0.25, -0.2) is 0 Å². The van der Waals surface area contributed by atoms with E-state index in [0.29, 0.717) is 5.92 Å². The molecule has 1 aromatic rings. The van der Waals surface area contributed by atoms with Crippen molar-refractivity contribution >= 4 is 0 Å². The first-order valence-corrected chi connectivity index (χ1v) is 6.56. The summed E-state index contributed by atoms with van der Waals surface area (Å²) in [5.41, 5.74) is 7.50. The minimum absolute atomic E-state index is 0.150. The second-order valence-corrected chi connectivity index (χ2v) is 4.91. The lowest BCUT2D eigenvalue weighted by atomic mass is 10.0. The molecule has 0 saturated heterocycles. The van der Waals surface area contributed by atoms with Gasteiger partial charge in [0.25, 0.3) is 0 Å². The number of nitrogens with two attached hydrogens (primary N) is 1. The number of aryl methyl sites for hydroxylation is 2. The summed E-state index contributed by atoms with van der Waals surface area (Å²) in [6.07, 6.45) is 6.61. The van der Waals surface area contributed by atoms with Gasteiger partial charge in [0.05, 0.1) is 6.10 Å². The predicted octanol–water partition coefficient (Wildman–Crippen LogP) is 1.50. The normalized spacial score (nSPS) is 19.2. The molecule has 96 valence electrons. The first kappa shape index (κ1) is 12.6. The number of aromatic nitrogens is 2. The van der Waals surface area contributed by atoms with E-state index in [-0.39, 0.29) is 12.1 Å². The van der Waals surface area contributed by atoms with Gasteiger partial charge >= 0.3 is 0 Å². The number of rotatable bonds is 7. The fourth-order valence-electron chi connectivity index (χ4n) is 2.35. The van der Waals surface area contributed by atoms with Crippen LogP contribution >= 0.6 is 0 Å². The van der Waals surface area contributed by atoms with Gasteiger partial charge < -0.3 is 10.5 Å². The van der Waals surface area contributed by atoms with Crippen LogP contribution in [0.5, 0.6) is 0 Å². The van der Waals surface area contributed by atoms with Gasteiger partial charge in [-0.15, -0.1) is 0 Å². The highest BCUT2D eigenvalue weighted by Gasteiger charge is 2.35. The standard InChI is InChI=1S/C13H23N3O/c1-3-17-13(10-4-5-10)12(14)7-6-11-8-9-15-16(11)2/h8-10,12-13H,3-7,14H2,1-2H3. The fourth-order valence-corrected chi connectivity index (χ4v) is 2.35. The van der Waals surface area contributed by atoms with Crippen molar-refractivity contribution in [3.8, 4) is 0 Å². The van der Waals surface area contributed by atoms with Crippen molar-refractivity contribution in [2.45, 2.75) is 44.8 Å². The molecule has 17 heavy (non-hydrogen) atoms. The number of hydrogen-bond acceptors (Lipinski definition) is 3. The third-order valence-corrected chi connectivity index (χ3v) is 3.52. The quantitative estimate of drug-likeness (QED) is 0.782. The summed E-state index contributed by atoms with van der Waals surface area (Å²) < 4.78 is 7.70. The van der Waals surface area contributed by atoms with Crippen LogP contribution in [0.2, 0.25) is 0 Å². The molecule has 1 saturated carbocycles. The lowest BCUT2D eigenvalue weighted by molar-refractivity contribution is 0.0268. The van der Waals surface area contributed by atoms with E-state index in [9.17, 15) is 0 Å². The van der Waals surface area contributed by atoms with Gasteiger partial charge in [0.1, 0.15) is 0 Å². The maximum atomic E-state index is 6.26. The molecule has 0 radical (unpaired) electrons. The highest BCUT2D eigenvalue weighted by Crippen LogP contribution is 2.36. The Balaban J connectivity index is 1.82. The second kappa shape index (κ2) is 5.65. The molecule has 4 heteroatoms. The molecule has 1 heterocycles. The van der Waals surface area contributed by atoms with Crippen molar-refractivity contribution in [1.29, 1.82) is 0 Å². The Morgan fingerprint density at radius 1 is 1.59 bits per heavy atom. The molecular formula is C13H23N3O. The van der Waals surface area contributed by atoms with E-state index in [0.717, 1.165) is 19.4 Å². The molecule has 1 fully saturated rings. The monoisotopic (exact) mass is 237 g/mol. The first-order chi connectivity index (χ1) is 8.22. The van der Waals surface area contributed by atoms with Crippen molar-refractivity contribution in [3.63, 3.8) is 0 Å². The Kier molecular flexibility index (Phi) is 4.18. The van der Waals surface area contributed by atoms with Gasteiger partial charge in [-0.3, -0.25) is 4.68 Å². The van der Waals surface area contributed by atoms with E-state index < -0.39 is 0 Å². The van der Waals surface area contributed by atoms with Crippen molar-refractivity contribution in [3.05, 3.63) is 18.0 Å². The van der Waals surface area contributed by atoms with Gasteiger partial charge in [-0.05, 0) is 44.6 Å². The largest absolute Gasteiger partial charge is 0.377 e. The molecule has 2 unspecified atom stereocenters. The van der Waals surface area contributed by atoms with Crippen LogP contribution in [0, 0.1) is 5.92 Å². The summed E-state index contributed by atoms with van der Waals surface area (Å²) in [6, 6.07) is 2.21. The van der Waals surface area contributed by atoms with Gasteiger partial charge in [0.2, 0.25) is 0 Å². The smallest absolute Gasteiger partial charge is 0.0753 e. The van der Waals surface area contributed by atoms with Crippen LogP contribution < -0.4 is 5.73 Å². The molecule has 0 aromatic carbocycles. The average Bonchev–Trinajstić information content (AvgIpc) is 3.07. The molecule has 1 aliphatic rings. The van der Waals surface area contributed by atoms with E-state index in [4.69, 9.17) is 10.5 Å². The zero-order chi connectivity index (χ0) is 12.3. The third-order valence-electron chi connectivity index (χ3n) is 3.52. The molecule has 2 atom stereocenters. The number of hydrogen-bond donors (Lipinski definition) is 1. The Bertz CT molecular complexity index is 346. The number of nitrogens with zero attached hydrogens (tertiary/aromatic N) is 2. The highest BCUT2D eigenvalue weighted by atomic mass is 16.5. The zero-order valence-electron chi connectivity index (χ0n) is 10.8. The van der Waals surface area contributed by atoms with Gasteiger partial charge in [-0.1, -0.05) is 0 Å². The minimum atomic E-state index is 0.150. The van der Waals surface area contributed by atoms with Crippen LogP contribution in [0.1, 0.15) is 31.9 Å². The van der Waals surface area contributed by atoms with Crippen LogP contribution in [0.4, 0.5) is 0 Å². The molecule has 0 spiro atoms. The van der Waals surface area contributed by atoms with Crippen LogP contribution in [0.25, 0.3) is 0 Å². The Hall–Kier alpha value is -0.870. The minimum Gasteiger partial charge on any atom is -0.377 e. The Morgan fingerprint density at radius 3 is 2.88 bits per heavy atom. The van der Waals surface area contributed by atoms with Crippen molar-refractivity contribution < 1.29 is 4.74 Å². The fraction of sp³-hybridized carbons (Fsp3) is 0.769. The molecule has 1 aromatic heterocycles. The molecule has 0 aliphatic heterocycles. The first-order valence-electron chi connectivity index (χ1n) is 6.56. The number of ether oxygens (including phenoxy) is 1. The van der Waals surface area contributed by atoms with Gasteiger partial charge in [0, 0.05) is 31.6 Å². The lowest BCUT2D eigenvalue weighted by Crippen LogP contribution is -2.39. The van der Waals surface area contributed by atoms with Crippen LogP contribution in [-0.2, 0) is 18.2 Å². The maximum absolute atomic E-state index is 6.26. The summed E-state index contributed by atoms with van der Waals surface area (Å²) in [7, 11) is 1.97. The SMILES string of the molecule is CCOC(C(N)CCc1ccnn1C)C1CC1. The van der Waals surface area contributed by atoms with Gasteiger partial charge in [0.15, 0.2) is 0 Å². The second-order valence-electron chi connectivity index (χ2n) is 4.91. The average molecular weight is 237 g/mol.